The Labute approximate surface area is 206 Å². The molecule has 0 aliphatic rings. The summed E-state index contributed by atoms with van der Waals surface area (Å²) in [5.74, 6) is -1.87. The van der Waals surface area contributed by atoms with Crippen LogP contribution in [0.2, 0.25) is 15.1 Å². The first-order valence-electron chi connectivity index (χ1n) is 10.3. The first-order chi connectivity index (χ1) is 15.7. The number of nitrogens with one attached hydrogen (secondary N) is 1. The lowest BCUT2D eigenvalue weighted by molar-refractivity contribution is -0.139. The molecule has 174 valence electrons. The van der Waals surface area contributed by atoms with E-state index in [-0.39, 0.29) is 20.6 Å². The predicted molar refractivity (Wildman–Crippen MR) is 130 cm³/mol. The van der Waals surface area contributed by atoms with Crippen LogP contribution in [-0.2, 0) is 19.5 Å². The smallest absolute Gasteiger partial charge is 0.309 e. The molecule has 3 aromatic rings. The van der Waals surface area contributed by atoms with Gasteiger partial charge in [-0.2, -0.15) is 13.2 Å². The van der Waals surface area contributed by atoms with Crippen LogP contribution < -0.4 is 5.32 Å². The Morgan fingerprint density at radius 1 is 1.00 bits per heavy atom. The highest BCUT2D eigenvalue weighted by atomic mass is 35.5. The van der Waals surface area contributed by atoms with E-state index in [1.165, 1.54) is 18.2 Å². The van der Waals surface area contributed by atoms with Gasteiger partial charge in [-0.25, -0.2) is 0 Å². The molecule has 1 atom stereocenters. The van der Waals surface area contributed by atoms with E-state index in [4.69, 9.17) is 34.8 Å². The molecule has 8 heteroatoms. The molecule has 0 amide bonds. The molecule has 33 heavy (non-hydrogen) atoms. The molecule has 0 fully saturated rings. The first-order valence-corrected chi connectivity index (χ1v) is 11.4. The van der Waals surface area contributed by atoms with Crippen LogP contribution in [0.15, 0.2) is 60.9 Å². The molecule has 2 nitrogen and oxygen atoms in total. The van der Waals surface area contributed by atoms with Gasteiger partial charge in [0.1, 0.15) is 0 Å². The van der Waals surface area contributed by atoms with E-state index in [1.807, 2.05) is 37.3 Å². The zero-order chi connectivity index (χ0) is 24.0. The summed E-state index contributed by atoms with van der Waals surface area (Å²) in [5.41, 5.74) is 3.86. The third-order valence-electron chi connectivity index (χ3n) is 5.18. The highest BCUT2D eigenvalue weighted by Crippen LogP contribution is 2.41. The molecule has 0 saturated carbocycles. The molecule has 0 aliphatic carbocycles. The van der Waals surface area contributed by atoms with E-state index in [1.54, 1.807) is 12.4 Å². The normalized spacial score (nSPS) is 12.9. The van der Waals surface area contributed by atoms with Crippen LogP contribution in [0.4, 0.5) is 13.2 Å². The number of aromatic nitrogens is 1. The molecule has 2 aromatic carbocycles. The second-order valence-corrected chi connectivity index (χ2v) is 8.72. The number of pyridine rings is 1. The van der Waals surface area contributed by atoms with Gasteiger partial charge in [0.2, 0.25) is 0 Å². The number of nitrogens with zero attached hydrogens (tertiary/aromatic N) is 1. The fraction of sp³-hybridized carbons (Fsp3) is 0.240. The summed E-state index contributed by atoms with van der Waals surface area (Å²) in [7, 11) is 0. The van der Waals surface area contributed by atoms with Crippen LogP contribution in [0, 0.1) is 0 Å². The van der Waals surface area contributed by atoms with Crippen LogP contribution in [-0.4, -0.2) is 11.2 Å². The zero-order valence-electron chi connectivity index (χ0n) is 17.8. The summed E-state index contributed by atoms with van der Waals surface area (Å²) in [4.78, 5) is 4.09. The van der Waals surface area contributed by atoms with Crippen molar-refractivity contribution in [2.24, 2.45) is 0 Å². The SMILES string of the molecule is CCc1cc(/C=C/C(c2cc(Cl)c(Cl)c(Cl)c2)C(F)(F)F)ccc1CNCc1cccnc1. The Balaban J connectivity index is 1.78. The van der Waals surface area contributed by atoms with Crippen LogP contribution in [0.25, 0.3) is 6.08 Å². The number of benzene rings is 2. The predicted octanol–water partition coefficient (Wildman–Crippen LogP) is 8.25. The summed E-state index contributed by atoms with van der Waals surface area (Å²) in [6, 6.07) is 11.9. The fourth-order valence-corrected chi connectivity index (χ4v) is 4.08. The van der Waals surface area contributed by atoms with Crippen molar-refractivity contribution in [2.75, 3.05) is 0 Å². The van der Waals surface area contributed by atoms with Gasteiger partial charge in [0, 0.05) is 25.5 Å². The number of aryl methyl sites for hydroxylation is 1. The van der Waals surface area contributed by atoms with Crippen LogP contribution >= 0.6 is 34.8 Å². The lowest BCUT2D eigenvalue weighted by Gasteiger charge is -2.18. The van der Waals surface area contributed by atoms with E-state index in [9.17, 15) is 13.2 Å². The molecule has 1 unspecified atom stereocenters. The number of allylic oxidation sites excluding steroid dienone is 1. The monoisotopic (exact) mass is 512 g/mol. The van der Waals surface area contributed by atoms with Crippen LogP contribution in [0.1, 0.15) is 40.7 Å². The molecule has 3 rings (SSSR count). The van der Waals surface area contributed by atoms with Crippen molar-refractivity contribution >= 4 is 40.9 Å². The molecule has 0 saturated heterocycles. The summed E-state index contributed by atoms with van der Waals surface area (Å²) in [5, 5.41) is 3.38. The molecule has 1 heterocycles. The van der Waals surface area contributed by atoms with Crippen LogP contribution in [0.3, 0.4) is 0 Å². The minimum absolute atomic E-state index is 0.0155. The number of hydrogen-bond acceptors (Lipinski definition) is 2. The van der Waals surface area contributed by atoms with Gasteiger partial charge in [0.15, 0.2) is 0 Å². The van der Waals surface area contributed by atoms with Gasteiger partial charge in [-0.15, -0.1) is 0 Å². The van der Waals surface area contributed by atoms with Gasteiger partial charge in [-0.3, -0.25) is 4.98 Å². The Morgan fingerprint density at radius 3 is 2.33 bits per heavy atom. The molecule has 0 bridgehead atoms. The largest absolute Gasteiger partial charge is 0.399 e. The van der Waals surface area contributed by atoms with Crippen molar-refractivity contribution in [3.8, 4) is 0 Å². The molecule has 1 N–H and O–H groups in total. The van der Waals surface area contributed by atoms with Crippen molar-refractivity contribution in [1.82, 2.24) is 10.3 Å². The summed E-state index contributed by atoms with van der Waals surface area (Å²) >= 11 is 17.8. The molecule has 0 spiro atoms. The van der Waals surface area contributed by atoms with Crippen LogP contribution in [0.5, 0.6) is 0 Å². The number of alkyl halides is 3. The van der Waals surface area contributed by atoms with Gasteiger partial charge in [-0.1, -0.05) is 78.1 Å². The standard InChI is InChI=1S/C25H22Cl3F3N2/c1-2-18-10-16(5-7-19(18)15-33-14-17-4-3-9-32-13-17)6-8-21(25(29,30)31)20-11-22(26)24(28)23(27)12-20/h3-13,21,33H,2,14-15H2,1H3/b8-6+. The Kier molecular flexibility index (Phi) is 8.82. The van der Waals surface area contributed by atoms with Gasteiger partial charge in [0.05, 0.1) is 21.0 Å². The number of hydrogen-bond donors (Lipinski definition) is 1. The zero-order valence-corrected chi connectivity index (χ0v) is 20.0. The fourth-order valence-electron chi connectivity index (χ4n) is 3.47. The molecule has 0 aliphatic heterocycles. The number of halogens is 6. The Hall–Kier alpha value is -2.05. The van der Waals surface area contributed by atoms with E-state index in [0.717, 1.165) is 29.2 Å². The van der Waals surface area contributed by atoms with E-state index >= 15 is 0 Å². The van der Waals surface area contributed by atoms with Crippen molar-refractivity contribution in [2.45, 2.75) is 38.5 Å². The second-order valence-electron chi connectivity index (χ2n) is 7.52. The second kappa shape index (κ2) is 11.4. The van der Waals surface area contributed by atoms with Crippen molar-refractivity contribution in [3.63, 3.8) is 0 Å². The van der Waals surface area contributed by atoms with Gasteiger partial charge < -0.3 is 5.32 Å². The van der Waals surface area contributed by atoms with E-state index in [2.05, 4.69) is 10.3 Å². The highest BCUT2D eigenvalue weighted by molar-refractivity contribution is 6.48. The average molecular weight is 514 g/mol. The summed E-state index contributed by atoms with van der Waals surface area (Å²) in [6.45, 7) is 3.34. The lowest BCUT2D eigenvalue weighted by Crippen LogP contribution is -2.19. The van der Waals surface area contributed by atoms with E-state index in [0.29, 0.717) is 18.7 Å². The van der Waals surface area contributed by atoms with E-state index < -0.39 is 12.1 Å². The Bertz CT molecular complexity index is 1090. The maximum absolute atomic E-state index is 13.8. The van der Waals surface area contributed by atoms with Gasteiger partial charge in [0.25, 0.3) is 0 Å². The van der Waals surface area contributed by atoms with Crippen molar-refractivity contribution < 1.29 is 13.2 Å². The number of rotatable bonds is 8. The summed E-state index contributed by atoms with van der Waals surface area (Å²) in [6.07, 6.45) is 2.37. The Morgan fingerprint density at radius 2 is 1.73 bits per heavy atom. The third-order valence-corrected chi connectivity index (χ3v) is 6.37. The van der Waals surface area contributed by atoms with Gasteiger partial charge >= 0.3 is 6.18 Å². The topological polar surface area (TPSA) is 24.9 Å². The minimum atomic E-state index is -4.51. The minimum Gasteiger partial charge on any atom is -0.309 e. The highest BCUT2D eigenvalue weighted by Gasteiger charge is 2.39. The maximum Gasteiger partial charge on any atom is 0.399 e. The maximum atomic E-state index is 13.8. The molecular formula is C25H22Cl3F3N2. The van der Waals surface area contributed by atoms with Gasteiger partial charge in [-0.05, 0) is 52.4 Å². The molecule has 0 radical (unpaired) electrons. The van der Waals surface area contributed by atoms with Crippen molar-refractivity contribution in [1.29, 1.82) is 0 Å². The average Bonchev–Trinajstić information content (AvgIpc) is 2.78. The summed E-state index contributed by atoms with van der Waals surface area (Å²) < 4.78 is 41.3. The lowest BCUT2D eigenvalue weighted by atomic mass is 9.96. The molecular weight excluding hydrogens is 492 g/mol. The molecule has 1 aromatic heterocycles. The van der Waals surface area contributed by atoms with Crippen molar-refractivity contribution in [3.05, 3.63) is 104 Å². The quantitative estimate of drug-likeness (QED) is 0.307. The first kappa shape index (κ1) is 25.6. The third kappa shape index (κ3) is 6.97.